The van der Waals surface area contributed by atoms with Gasteiger partial charge in [-0.15, -0.1) is 0 Å². The summed E-state index contributed by atoms with van der Waals surface area (Å²) < 4.78 is 35.9. The average molecular weight is 280 g/mol. The van der Waals surface area contributed by atoms with Gasteiger partial charge in [-0.05, 0) is 25.2 Å². The number of amides is 1. The Morgan fingerprint density at radius 1 is 1.32 bits per heavy atom. The van der Waals surface area contributed by atoms with Gasteiger partial charge >= 0.3 is 6.18 Å². The maximum atomic E-state index is 12.0. The van der Waals surface area contributed by atoms with Crippen LogP contribution in [0.4, 0.5) is 13.2 Å². The summed E-state index contributed by atoms with van der Waals surface area (Å²) in [5.41, 5.74) is 0. The van der Waals surface area contributed by atoms with Crippen molar-refractivity contribution in [2.75, 3.05) is 26.2 Å². The van der Waals surface area contributed by atoms with Crippen molar-refractivity contribution in [3.05, 3.63) is 0 Å². The van der Waals surface area contributed by atoms with E-state index in [0.29, 0.717) is 19.0 Å². The van der Waals surface area contributed by atoms with Gasteiger partial charge in [0.15, 0.2) is 0 Å². The van der Waals surface area contributed by atoms with E-state index in [2.05, 4.69) is 12.2 Å². The lowest BCUT2D eigenvalue weighted by Crippen LogP contribution is -2.41. The van der Waals surface area contributed by atoms with Gasteiger partial charge in [-0.1, -0.05) is 19.8 Å². The van der Waals surface area contributed by atoms with Gasteiger partial charge in [0.25, 0.3) is 0 Å². The first-order valence-corrected chi connectivity index (χ1v) is 6.97. The topological polar surface area (TPSA) is 32.3 Å². The summed E-state index contributed by atoms with van der Waals surface area (Å²) in [5, 5.41) is 2.16. The number of carbonyl (C=O) groups excluding carboxylic acids is 1. The molecule has 1 aliphatic rings. The van der Waals surface area contributed by atoms with Gasteiger partial charge in [-0.2, -0.15) is 13.2 Å². The van der Waals surface area contributed by atoms with Crippen molar-refractivity contribution in [1.29, 1.82) is 0 Å². The van der Waals surface area contributed by atoms with E-state index in [9.17, 15) is 18.0 Å². The number of likely N-dealkylation sites (tertiary alicyclic amines) is 1. The fraction of sp³-hybridized carbons (Fsp3) is 0.923. The molecule has 1 heterocycles. The van der Waals surface area contributed by atoms with E-state index >= 15 is 0 Å². The fourth-order valence-electron chi connectivity index (χ4n) is 2.53. The van der Waals surface area contributed by atoms with Gasteiger partial charge in [0, 0.05) is 13.1 Å². The van der Waals surface area contributed by atoms with Crippen LogP contribution in [0.5, 0.6) is 0 Å². The summed E-state index contributed by atoms with van der Waals surface area (Å²) in [6.45, 7) is 2.17. The van der Waals surface area contributed by atoms with Crippen LogP contribution in [0.15, 0.2) is 0 Å². The molecule has 0 radical (unpaired) electrons. The molecule has 0 bridgehead atoms. The molecule has 1 N–H and O–H groups in total. The van der Waals surface area contributed by atoms with Gasteiger partial charge in [0.2, 0.25) is 5.91 Å². The minimum atomic E-state index is -4.26. The molecule has 0 spiro atoms. The number of alkyl halides is 3. The van der Waals surface area contributed by atoms with Crippen LogP contribution in [-0.4, -0.2) is 43.2 Å². The minimum Gasteiger partial charge on any atom is -0.342 e. The number of nitrogens with zero attached hydrogens (tertiary/aromatic N) is 1. The Morgan fingerprint density at radius 2 is 2.05 bits per heavy atom. The maximum Gasteiger partial charge on any atom is 0.401 e. The van der Waals surface area contributed by atoms with E-state index < -0.39 is 12.7 Å². The zero-order chi connectivity index (χ0) is 14.3. The molecule has 0 aromatic carbocycles. The van der Waals surface area contributed by atoms with Crippen molar-refractivity contribution in [3.63, 3.8) is 0 Å². The van der Waals surface area contributed by atoms with Crippen molar-refractivity contribution < 1.29 is 18.0 Å². The van der Waals surface area contributed by atoms with Gasteiger partial charge in [0.05, 0.1) is 13.1 Å². The Bertz CT molecular complexity index is 282. The molecule has 0 saturated carbocycles. The molecule has 1 amide bonds. The Balaban J connectivity index is 2.29. The summed E-state index contributed by atoms with van der Waals surface area (Å²) >= 11 is 0. The molecule has 1 fully saturated rings. The molecule has 19 heavy (non-hydrogen) atoms. The molecule has 6 heteroatoms. The normalized spacial score (nSPS) is 21.3. The molecule has 1 unspecified atom stereocenters. The number of rotatable bonds is 5. The molecule has 0 aromatic heterocycles. The van der Waals surface area contributed by atoms with E-state index in [1.54, 1.807) is 4.90 Å². The van der Waals surface area contributed by atoms with Crippen LogP contribution in [0.2, 0.25) is 0 Å². The first-order chi connectivity index (χ1) is 8.92. The molecule has 1 atom stereocenters. The molecule has 0 aromatic rings. The lowest BCUT2D eigenvalue weighted by atomic mass is 9.96. The highest BCUT2D eigenvalue weighted by Gasteiger charge is 2.27. The van der Waals surface area contributed by atoms with Gasteiger partial charge in [-0.3, -0.25) is 4.79 Å². The van der Waals surface area contributed by atoms with E-state index in [4.69, 9.17) is 0 Å². The van der Waals surface area contributed by atoms with Crippen LogP contribution < -0.4 is 5.32 Å². The monoisotopic (exact) mass is 280 g/mol. The standard InChI is InChI=1S/C13H23F3N2O/c1-2-4-11-5-3-7-18(8-6-11)12(19)9-17-10-13(14,15)16/h11,17H,2-10H2,1H3. The zero-order valence-corrected chi connectivity index (χ0v) is 11.4. The van der Waals surface area contributed by atoms with Crippen molar-refractivity contribution in [2.45, 2.75) is 45.2 Å². The third-order valence-electron chi connectivity index (χ3n) is 3.50. The van der Waals surface area contributed by atoms with Crippen LogP contribution in [0.1, 0.15) is 39.0 Å². The number of hydrogen-bond donors (Lipinski definition) is 1. The highest BCUT2D eigenvalue weighted by molar-refractivity contribution is 5.78. The summed E-state index contributed by atoms with van der Waals surface area (Å²) in [6.07, 6.45) is 1.10. The van der Waals surface area contributed by atoms with Crippen LogP contribution >= 0.6 is 0 Å². The third kappa shape index (κ3) is 6.80. The quantitative estimate of drug-likeness (QED) is 0.839. The first kappa shape index (κ1) is 16.3. The molecule has 0 aliphatic carbocycles. The van der Waals surface area contributed by atoms with E-state index in [1.165, 1.54) is 6.42 Å². The summed E-state index contributed by atoms with van der Waals surface area (Å²) in [5.74, 6) is 0.437. The van der Waals surface area contributed by atoms with Crippen molar-refractivity contribution in [2.24, 2.45) is 5.92 Å². The molecule has 3 nitrogen and oxygen atoms in total. The van der Waals surface area contributed by atoms with Crippen LogP contribution in [-0.2, 0) is 4.79 Å². The van der Waals surface area contributed by atoms with E-state index in [1.807, 2.05) is 0 Å². The van der Waals surface area contributed by atoms with Crippen molar-refractivity contribution >= 4 is 5.91 Å². The van der Waals surface area contributed by atoms with Crippen LogP contribution in [0, 0.1) is 5.92 Å². The number of halogens is 3. The van der Waals surface area contributed by atoms with Crippen molar-refractivity contribution in [3.8, 4) is 0 Å². The first-order valence-electron chi connectivity index (χ1n) is 6.97. The molecule has 112 valence electrons. The minimum absolute atomic E-state index is 0.221. The lowest BCUT2D eigenvalue weighted by molar-refractivity contribution is -0.134. The molecule has 1 saturated heterocycles. The maximum absolute atomic E-state index is 12.0. The summed E-state index contributed by atoms with van der Waals surface area (Å²) in [6, 6.07) is 0. The highest BCUT2D eigenvalue weighted by Crippen LogP contribution is 2.21. The fourth-order valence-corrected chi connectivity index (χ4v) is 2.53. The summed E-state index contributed by atoms with van der Waals surface area (Å²) in [4.78, 5) is 13.5. The van der Waals surface area contributed by atoms with Crippen molar-refractivity contribution in [1.82, 2.24) is 10.2 Å². The highest BCUT2D eigenvalue weighted by atomic mass is 19.4. The van der Waals surface area contributed by atoms with Crippen LogP contribution in [0.25, 0.3) is 0 Å². The predicted octanol–water partition coefficient (Wildman–Crippen LogP) is 2.57. The Morgan fingerprint density at radius 3 is 2.68 bits per heavy atom. The number of hydrogen-bond acceptors (Lipinski definition) is 2. The Kier molecular flexibility index (Phi) is 6.62. The Hall–Kier alpha value is -0.780. The zero-order valence-electron chi connectivity index (χ0n) is 11.4. The third-order valence-corrected chi connectivity index (χ3v) is 3.50. The second-order valence-corrected chi connectivity index (χ2v) is 5.19. The smallest absolute Gasteiger partial charge is 0.342 e. The van der Waals surface area contributed by atoms with Crippen LogP contribution in [0.3, 0.4) is 0 Å². The number of nitrogens with one attached hydrogen (secondary N) is 1. The largest absolute Gasteiger partial charge is 0.401 e. The SMILES string of the molecule is CCCC1CCCN(C(=O)CNCC(F)(F)F)CC1. The second kappa shape index (κ2) is 7.72. The number of carbonyl (C=O) groups is 1. The molecular formula is C13H23F3N2O. The lowest BCUT2D eigenvalue weighted by Gasteiger charge is -2.21. The molecular weight excluding hydrogens is 257 g/mol. The molecule has 1 rings (SSSR count). The van der Waals surface area contributed by atoms with Gasteiger partial charge in [0.1, 0.15) is 0 Å². The van der Waals surface area contributed by atoms with Gasteiger partial charge in [-0.25, -0.2) is 0 Å². The average Bonchev–Trinajstić information content (AvgIpc) is 2.53. The van der Waals surface area contributed by atoms with Gasteiger partial charge < -0.3 is 10.2 Å². The predicted molar refractivity (Wildman–Crippen MR) is 67.8 cm³/mol. The Labute approximate surface area is 112 Å². The molecule has 1 aliphatic heterocycles. The van der Waals surface area contributed by atoms with E-state index in [-0.39, 0.29) is 12.5 Å². The summed E-state index contributed by atoms with van der Waals surface area (Å²) in [7, 11) is 0. The van der Waals surface area contributed by atoms with E-state index in [0.717, 1.165) is 25.7 Å². The second-order valence-electron chi connectivity index (χ2n) is 5.19.